The van der Waals surface area contributed by atoms with Crippen LogP contribution in [0.4, 0.5) is 13.2 Å². The lowest BCUT2D eigenvalue weighted by Crippen LogP contribution is -2.07. The zero-order valence-corrected chi connectivity index (χ0v) is 11.0. The highest BCUT2D eigenvalue weighted by molar-refractivity contribution is 6.30. The van der Waals surface area contributed by atoms with Gasteiger partial charge in [0.2, 0.25) is 0 Å². The van der Waals surface area contributed by atoms with Crippen LogP contribution in [-0.2, 0) is 12.7 Å². The normalized spacial score (nSPS) is 11.4. The molecular formula is C14H11ClF3NO. The first-order valence-electron chi connectivity index (χ1n) is 5.74. The van der Waals surface area contributed by atoms with Crippen LogP contribution in [0.5, 0.6) is 11.5 Å². The minimum atomic E-state index is -4.48. The third-order valence-electron chi connectivity index (χ3n) is 2.65. The van der Waals surface area contributed by atoms with Crippen molar-refractivity contribution in [2.75, 3.05) is 0 Å². The van der Waals surface area contributed by atoms with Gasteiger partial charge in [0.05, 0.1) is 5.56 Å². The number of nitrogens with two attached hydrogens (primary N) is 1. The van der Waals surface area contributed by atoms with Gasteiger partial charge in [-0.15, -0.1) is 0 Å². The lowest BCUT2D eigenvalue weighted by Gasteiger charge is -2.15. The van der Waals surface area contributed by atoms with Crippen molar-refractivity contribution in [1.82, 2.24) is 0 Å². The van der Waals surface area contributed by atoms with Crippen molar-refractivity contribution >= 4 is 11.6 Å². The molecule has 2 aromatic carbocycles. The van der Waals surface area contributed by atoms with Gasteiger partial charge in [-0.05, 0) is 30.3 Å². The monoisotopic (exact) mass is 301 g/mol. The second-order valence-electron chi connectivity index (χ2n) is 4.05. The van der Waals surface area contributed by atoms with Gasteiger partial charge in [0.15, 0.2) is 0 Å². The molecule has 0 aliphatic rings. The van der Waals surface area contributed by atoms with Crippen LogP contribution in [0, 0.1) is 0 Å². The van der Waals surface area contributed by atoms with E-state index in [4.69, 9.17) is 22.1 Å². The molecule has 2 rings (SSSR count). The molecule has 2 N–H and O–H groups in total. The first-order valence-corrected chi connectivity index (χ1v) is 6.12. The SMILES string of the molecule is NCc1cc(Cl)ccc1Oc1ccccc1C(F)(F)F. The molecule has 0 spiro atoms. The number of halogens is 4. The van der Waals surface area contributed by atoms with Crippen molar-refractivity contribution < 1.29 is 17.9 Å². The van der Waals surface area contributed by atoms with E-state index in [1.54, 1.807) is 6.07 Å². The van der Waals surface area contributed by atoms with E-state index < -0.39 is 11.7 Å². The average molecular weight is 302 g/mol. The van der Waals surface area contributed by atoms with E-state index >= 15 is 0 Å². The van der Waals surface area contributed by atoms with Crippen molar-refractivity contribution in [2.45, 2.75) is 12.7 Å². The highest BCUT2D eigenvalue weighted by atomic mass is 35.5. The van der Waals surface area contributed by atoms with Gasteiger partial charge >= 0.3 is 6.18 Å². The smallest absolute Gasteiger partial charge is 0.419 e. The molecule has 0 saturated heterocycles. The molecule has 0 amide bonds. The molecular weight excluding hydrogens is 291 g/mol. The Balaban J connectivity index is 2.41. The molecule has 106 valence electrons. The summed E-state index contributed by atoms with van der Waals surface area (Å²) in [6, 6.07) is 9.60. The Kier molecular flexibility index (Phi) is 4.20. The summed E-state index contributed by atoms with van der Waals surface area (Å²) in [5.74, 6) is -0.00868. The summed E-state index contributed by atoms with van der Waals surface area (Å²) in [7, 11) is 0. The van der Waals surface area contributed by atoms with E-state index in [0.717, 1.165) is 6.07 Å². The molecule has 2 nitrogen and oxygen atoms in total. The van der Waals surface area contributed by atoms with Crippen molar-refractivity contribution in [3.8, 4) is 11.5 Å². The molecule has 0 atom stereocenters. The van der Waals surface area contributed by atoms with E-state index in [1.807, 2.05) is 0 Å². The van der Waals surface area contributed by atoms with Crippen LogP contribution in [0.3, 0.4) is 0 Å². The van der Waals surface area contributed by atoms with Crippen LogP contribution in [0.25, 0.3) is 0 Å². The van der Waals surface area contributed by atoms with Gasteiger partial charge in [0, 0.05) is 17.1 Å². The van der Waals surface area contributed by atoms with E-state index in [9.17, 15) is 13.2 Å². The second-order valence-corrected chi connectivity index (χ2v) is 4.49. The van der Waals surface area contributed by atoms with Crippen LogP contribution in [0.15, 0.2) is 42.5 Å². The Morgan fingerprint density at radius 3 is 2.40 bits per heavy atom. The Hall–Kier alpha value is -1.72. The standard InChI is InChI=1S/C14H11ClF3NO/c15-10-5-6-12(9(7-10)8-19)20-13-4-2-1-3-11(13)14(16,17)18/h1-7H,8,19H2. The first-order chi connectivity index (χ1) is 9.41. The van der Waals surface area contributed by atoms with Crippen molar-refractivity contribution in [1.29, 1.82) is 0 Å². The Labute approximate surface area is 118 Å². The first kappa shape index (κ1) is 14.7. The number of hydrogen-bond acceptors (Lipinski definition) is 2. The number of rotatable bonds is 3. The number of hydrogen-bond donors (Lipinski definition) is 1. The summed E-state index contributed by atoms with van der Waals surface area (Å²) in [6.45, 7) is 0.115. The van der Waals surface area contributed by atoms with E-state index in [0.29, 0.717) is 10.6 Å². The summed E-state index contributed by atoms with van der Waals surface area (Å²) < 4.78 is 44.0. The van der Waals surface area contributed by atoms with Gasteiger partial charge in [-0.1, -0.05) is 23.7 Å². The third kappa shape index (κ3) is 3.23. The lowest BCUT2D eigenvalue weighted by atomic mass is 10.1. The minimum Gasteiger partial charge on any atom is -0.456 e. The Morgan fingerprint density at radius 2 is 1.75 bits per heavy atom. The van der Waals surface area contributed by atoms with E-state index in [-0.39, 0.29) is 18.0 Å². The summed E-state index contributed by atoms with van der Waals surface area (Å²) in [6.07, 6.45) is -4.48. The fourth-order valence-electron chi connectivity index (χ4n) is 1.72. The summed E-state index contributed by atoms with van der Waals surface area (Å²) in [5, 5.41) is 0.446. The van der Waals surface area contributed by atoms with Crippen molar-refractivity contribution in [3.63, 3.8) is 0 Å². The molecule has 0 fully saturated rings. The molecule has 0 bridgehead atoms. The molecule has 0 aliphatic heterocycles. The molecule has 0 unspecified atom stereocenters. The molecule has 0 aliphatic carbocycles. The van der Waals surface area contributed by atoms with Crippen LogP contribution in [0.2, 0.25) is 5.02 Å². The van der Waals surface area contributed by atoms with Gasteiger partial charge in [0.25, 0.3) is 0 Å². The maximum Gasteiger partial charge on any atom is 0.419 e. The number of ether oxygens (including phenoxy) is 1. The van der Waals surface area contributed by atoms with Crippen LogP contribution in [-0.4, -0.2) is 0 Å². The topological polar surface area (TPSA) is 35.2 Å². The Bertz CT molecular complexity index is 614. The predicted octanol–water partition coefficient (Wildman–Crippen LogP) is 4.61. The third-order valence-corrected chi connectivity index (χ3v) is 2.89. The van der Waals surface area contributed by atoms with Gasteiger partial charge in [-0.2, -0.15) is 13.2 Å². The van der Waals surface area contributed by atoms with Crippen molar-refractivity contribution in [2.24, 2.45) is 5.73 Å². The summed E-state index contributed by atoms with van der Waals surface area (Å²) in [5.41, 5.74) is 5.24. The largest absolute Gasteiger partial charge is 0.456 e. The second kappa shape index (κ2) is 5.73. The maximum absolute atomic E-state index is 12.9. The number of para-hydroxylation sites is 1. The molecule has 0 radical (unpaired) electrons. The lowest BCUT2D eigenvalue weighted by molar-refractivity contribution is -0.138. The maximum atomic E-state index is 12.9. The highest BCUT2D eigenvalue weighted by Crippen LogP contribution is 2.38. The fraction of sp³-hybridized carbons (Fsp3) is 0.143. The summed E-state index contributed by atoms with van der Waals surface area (Å²) >= 11 is 5.81. The van der Waals surface area contributed by atoms with Crippen LogP contribution < -0.4 is 10.5 Å². The summed E-state index contributed by atoms with van der Waals surface area (Å²) in [4.78, 5) is 0. The quantitative estimate of drug-likeness (QED) is 0.898. The van der Waals surface area contributed by atoms with Gasteiger partial charge < -0.3 is 10.5 Å². The molecule has 0 heterocycles. The molecule has 0 saturated carbocycles. The predicted molar refractivity (Wildman–Crippen MR) is 70.9 cm³/mol. The molecule has 2 aromatic rings. The number of alkyl halides is 3. The average Bonchev–Trinajstić information content (AvgIpc) is 2.40. The highest BCUT2D eigenvalue weighted by Gasteiger charge is 2.34. The minimum absolute atomic E-state index is 0.115. The molecule has 0 aromatic heterocycles. The zero-order valence-electron chi connectivity index (χ0n) is 10.2. The number of benzene rings is 2. The fourth-order valence-corrected chi connectivity index (χ4v) is 1.91. The van der Waals surface area contributed by atoms with Crippen molar-refractivity contribution in [3.05, 3.63) is 58.6 Å². The van der Waals surface area contributed by atoms with Gasteiger partial charge in [-0.25, -0.2) is 0 Å². The van der Waals surface area contributed by atoms with E-state index in [1.165, 1.54) is 30.3 Å². The van der Waals surface area contributed by atoms with Gasteiger partial charge in [-0.3, -0.25) is 0 Å². The van der Waals surface area contributed by atoms with Crippen LogP contribution >= 0.6 is 11.6 Å². The Morgan fingerprint density at radius 1 is 1.05 bits per heavy atom. The van der Waals surface area contributed by atoms with Gasteiger partial charge in [0.1, 0.15) is 11.5 Å². The zero-order chi connectivity index (χ0) is 14.8. The molecule has 6 heteroatoms. The molecule has 20 heavy (non-hydrogen) atoms. The van der Waals surface area contributed by atoms with Crippen LogP contribution in [0.1, 0.15) is 11.1 Å². The van der Waals surface area contributed by atoms with E-state index in [2.05, 4.69) is 0 Å².